The van der Waals surface area contributed by atoms with Crippen molar-refractivity contribution in [2.45, 2.75) is 45.8 Å². The van der Waals surface area contributed by atoms with Gasteiger partial charge in [-0.15, -0.1) is 0 Å². The number of nitrogens with zero attached hydrogens (tertiary/aromatic N) is 3. The second-order valence-electron chi connectivity index (χ2n) is 9.34. The van der Waals surface area contributed by atoms with Gasteiger partial charge in [-0.2, -0.15) is 12.7 Å². The van der Waals surface area contributed by atoms with Gasteiger partial charge in [-0.3, -0.25) is 9.59 Å². The van der Waals surface area contributed by atoms with E-state index in [4.69, 9.17) is 0 Å². The van der Waals surface area contributed by atoms with Gasteiger partial charge in [-0.1, -0.05) is 12.1 Å². The Labute approximate surface area is 205 Å². The molecule has 11 heteroatoms. The van der Waals surface area contributed by atoms with Crippen LogP contribution in [-0.2, 0) is 26.3 Å². The smallest absolute Gasteiger partial charge is 0.304 e. The summed E-state index contributed by atoms with van der Waals surface area (Å²) in [5, 5.41) is 2.81. The standard InChI is InChI=1S/C24H32F2N4O4S/c1-17(23(32)27-24(2,3)4)29(15-18-7-9-19(25)10-8-18)22(31)16-30(35(33,34)28(5)6)21-13-11-20(26)12-14-21/h7-14,17H,15-16H2,1-6H3,(H,27,32)/t17-/m0/s1. The Balaban J connectivity index is 2.45. The Morgan fingerprint density at radius 1 is 0.943 bits per heavy atom. The Morgan fingerprint density at radius 3 is 1.89 bits per heavy atom. The molecule has 0 saturated heterocycles. The number of nitrogens with one attached hydrogen (secondary N) is 1. The molecular weight excluding hydrogens is 478 g/mol. The van der Waals surface area contributed by atoms with Gasteiger partial charge in [0.25, 0.3) is 0 Å². The molecule has 0 radical (unpaired) electrons. The first-order valence-electron chi connectivity index (χ1n) is 10.9. The number of benzene rings is 2. The molecule has 1 N–H and O–H groups in total. The number of amides is 2. The van der Waals surface area contributed by atoms with Crippen LogP contribution in [0.3, 0.4) is 0 Å². The minimum atomic E-state index is -4.14. The molecule has 0 spiro atoms. The zero-order chi connectivity index (χ0) is 26.6. The summed E-state index contributed by atoms with van der Waals surface area (Å²) in [5.74, 6) is -2.12. The van der Waals surface area contributed by atoms with Crippen molar-refractivity contribution in [1.29, 1.82) is 0 Å². The minimum Gasteiger partial charge on any atom is -0.350 e. The molecule has 0 aliphatic heterocycles. The summed E-state index contributed by atoms with van der Waals surface area (Å²) in [4.78, 5) is 27.7. The zero-order valence-electron chi connectivity index (χ0n) is 20.7. The molecule has 0 aromatic heterocycles. The topological polar surface area (TPSA) is 90.0 Å². The number of hydrogen-bond acceptors (Lipinski definition) is 4. The van der Waals surface area contributed by atoms with Gasteiger partial charge in [0.05, 0.1) is 5.69 Å². The molecular formula is C24H32F2N4O4S. The van der Waals surface area contributed by atoms with E-state index in [1.165, 1.54) is 62.3 Å². The van der Waals surface area contributed by atoms with Crippen LogP contribution in [-0.4, -0.2) is 61.7 Å². The van der Waals surface area contributed by atoms with Gasteiger partial charge < -0.3 is 10.2 Å². The van der Waals surface area contributed by atoms with Crippen LogP contribution in [0.2, 0.25) is 0 Å². The normalized spacial score (nSPS) is 12.8. The minimum absolute atomic E-state index is 0.0584. The van der Waals surface area contributed by atoms with Crippen molar-refractivity contribution < 1.29 is 26.8 Å². The van der Waals surface area contributed by atoms with E-state index in [2.05, 4.69) is 5.32 Å². The molecule has 0 saturated carbocycles. The third-order valence-electron chi connectivity index (χ3n) is 5.07. The third kappa shape index (κ3) is 7.72. The van der Waals surface area contributed by atoms with Gasteiger partial charge in [-0.05, 0) is 69.7 Å². The first-order valence-corrected chi connectivity index (χ1v) is 12.3. The van der Waals surface area contributed by atoms with Crippen LogP contribution in [0.4, 0.5) is 14.5 Å². The van der Waals surface area contributed by atoms with Gasteiger partial charge in [0, 0.05) is 26.2 Å². The molecule has 0 aliphatic rings. The lowest BCUT2D eigenvalue weighted by Crippen LogP contribution is -2.54. The van der Waals surface area contributed by atoms with E-state index in [1.807, 2.05) is 0 Å². The van der Waals surface area contributed by atoms with Crippen molar-refractivity contribution in [2.24, 2.45) is 0 Å². The van der Waals surface area contributed by atoms with Crippen molar-refractivity contribution in [3.63, 3.8) is 0 Å². The molecule has 0 unspecified atom stereocenters. The highest BCUT2D eigenvalue weighted by molar-refractivity contribution is 7.90. The van der Waals surface area contributed by atoms with E-state index in [9.17, 15) is 26.8 Å². The highest BCUT2D eigenvalue weighted by Gasteiger charge is 2.33. The molecule has 8 nitrogen and oxygen atoms in total. The van der Waals surface area contributed by atoms with Crippen LogP contribution in [0.25, 0.3) is 0 Å². The van der Waals surface area contributed by atoms with Crippen LogP contribution < -0.4 is 9.62 Å². The summed E-state index contributed by atoms with van der Waals surface area (Å²) >= 11 is 0. The fourth-order valence-corrected chi connectivity index (χ4v) is 4.22. The average Bonchev–Trinajstić information content (AvgIpc) is 2.75. The van der Waals surface area contributed by atoms with Crippen LogP contribution in [0.15, 0.2) is 48.5 Å². The number of halogens is 2. The van der Waals surface area contributed by atoms with Gasteiger partial charge >= 0.3 is 10.2 Å². The predicted octanol–water partition coefficient (Wildman–Crippen LogP) is 2.91. The number of carbonyl (C=O) groups excluding carboxylic acids is 2. The van der Waals surface area contributed by atoms with E-state index < -0.39 is 51.8 Å². The molecule has 2 aromatic rings. The largest absolute Gasteiger partial charge is 0.350 e. The summed E-state index contributed by atoms with van der Waals surface area (Å²) in [6.07, 6.45) is 0. The highest BCUT2D eigenvalue weighted by Crippen LogP contribution is 2.21. The van der Waals surface area contributed by atoms with Crippen LogP contribution in [0.1, 0.15) is 33.3 Å². The Kier molecular flexibility index (Phi) is 8.96. The lowest BCUT2D eigenvalue weighted by atomic mass is 10.1. The van der Waals surface area contributed by atoms with Crippen LogP contribution in [0, 0.1) is 11.6 Å². The summed E-state index contributed by atoms with van der Waals surface area (Å²) in [6, 6.07) is 9.16. The lowest BCUT2D eigenvalue weighted by molar-refractivity contribution is -0.140. The molecule has 2 amide bonds. The number of rotatable bonds is 9. The summed E-state index contributed by atoms with van der Waals surface area (Å²) in [7, 11) is -1.52. The molecule has 35 heavy (non-hydrogen) atoms. The number of carbonyl (C=O) groups is 2. The maximum Gasteiger partial charge on any atom is 0.304 e. The fraction of sp³-hybridized carbons (Fsp3) is 0.417. The Bertz CT molecular complexity index is 1130. The highest BCUT2D eigenvalue weighted by atomic mass is 32.2. The average molecular weight is 511 g/mol. The first kappa shape index (κ1) is 28.2. The lowest BCUT2D eigenvalue weighted by Gasteiger charge is -2.34. The van der Waals surface area contributed by atoms with E-state index in [0.717, 1.165) is 20.7 Å². The van der Waals surface area contributed by atoms with Crippen molar-refractivity contribution in [3.05, 3.63) is 65.7 Å². The molecule has 0 bridgehead atoms. The quantitative estimate of drug-likeness (QED) is 0.562. The summed E-state index contributed by atoms with van der Waals surface area (Å²) in [6.45, 7) is 6.22. The SMILES string of the molecule is C[C@@H](C(=O)NC(C)(C)C)N(Cc1ccc(F)cc1)C(=O)CN(c1ccc(F)cc1)S(=O)(=O)N(C)C. The van der Waals surface area contributed by atoms with Gasteiger partial charge in [-0.25, -0.2) is 13.1 Å². The first-order chi connectivity index (χ1) is 16.1. The van der Waals surface area contributed by atoms with E-state index in [0.29, 0.717) is 5.56 Å². The zero-order valence-corrected chi connectivity index (χ0v) is 21.6. The van der Waals surface area contributed by atoms with E-state index >= 15 is 0 Å². The van der Waals surface area contributed by atoms with Crippen molar-refractivity contribution in [1.82, 2.24) is 14.5 Å². The fourth-order valence-electron chi connectivity index (χ4n) is 3.17. The molecule has 0 fully saturated rings. The van der Waals surface area contributed by atoms with Gasteiger partial charge in [0.2, 0.25) is 11.8 Å². The Hall–Kier alpha value is -3.05. The molecule has 0 heterocycles. The molecule has 192 valence electrons. The van der Waals surface area contributed by atoms with Gasteiger partial charge in [0.15, 0.2) is 0 Å². The van der Waals surface area contributed by atoms with Crippen molar-refractivity contribution in [2.75, 3.05) is 24.9 Å². The van der Waals surface area contributed by atoms with Crippen molar-refractivity contribution in [3.8, 4) is 0 Å². The molecule has 2 aromatic carbocycles. The number of anilines is 1. The van der Waals surface area contributed by atoms with E-state index in [-0.39, 0.29) is 12.2 Å². The molecule has 0 aliphatic carbocycles. The maximum absolute atomic E-state index is 13.5. The number of hydrogen-bond donors (Lipinski definition) is 1. The molecule has 1 atom stereocenters. The molecule has 2 rings (SSSR count). The van der Waals surface area contributed by atoms with Crippen LogP contribution >= 0.6 is 0 Å². The predicted molar refractivity (Wildman–Crippen MR) is 131 cm³/mol. The monoisotopic (exact) mass is 510 g/mol. The second-order valence-corrected chi connectivity index (χ2v) is 11.4. The summed E-state index contributed by atoms with van der Waals surface area (Å²) < 4.78 is 54.7. The summed E-state index contributed by atoms with van der Waals surface area (Å²) in [5.41, 5.74) is 0.0746. The van der Waals surface area contributed by atoms with Crippen molar-refractivity contribution >= 4 is 27.7 Å². The van der Waals surface area contributed by atoms with Crippen LogP contribution in [0.5, 0.6) is 0 Å². The van der Waals surface area contributed by atoms with Gasteiger partial charge in [0.1, 0.15) is 24.2 Å². The van der Waals surface area contributed by atoms with E-state index in [1.54, 1.807) is 20.8 Å². The third-order valence-corrected chi connectivity index (χ3v) is 6.88. The Morgan fingerprint density at radius 2 is 1.43 bits per heavy atom. The second kappa shape index (κ2) is 11.1. The maximum atomic E-state index is 13.5.